The Morgan fingerprint density at radius 2 is 1.49 bits per heavy atom. The SMILES string of the molecule is NC(Cc1ccc(O)cc1)C(=O)NC(Cc1ccccc1)C(=O)NC(CC(=O)O)C(=O)N1CCCC1C(=O)O. The molecule has 3 amide bonds. The van der Waals surface area contributed by atoms with Crippen molar-refractivity contribution in [2.75, 3.05) is 6.54 Å². The number of nitrogens with zero attached hydrogens (tertiary/aromatic N) is 1. The van der Waals surface area contributed by atoms with Crippen LogP contribution in [0.5, 0.6) is 5.75 Å². The molecule has 7 N–H and O–H groups in total. The number of carbonyl (C=O) groups is 5. The van der Waals surface area contributed by atoms with Gasteiger partial charge in [-0.1, -0.05) is 42.5 Å². The van der Waals surface area contributed by atoms with Crippen molar-refractivity contribution < 1.29 is 39.3 Å². The van der Waals surface area contributed by atoms with Crippen LogP contribution >= 0.6 is 0 Å². The van der Waals surface area contributed by atoms with Crippen LogP contribution < -0.4 is 16.4 Å². The fourth-order valence-electron chi connectivity index (χ4n) is 4.45. The van der Waals surface area contributed by atoms with Crippen LogP contribution in [0.2, 0.25) is 0 Å². The van der Waals surface area contributed by atoms with E-state index in [2.05, 4.69) is 10.6 Å². The van der Waals surface area contributed by atoms with Gasteiger partial charge in [-0.25, -0.2) is 4.79 Å². The number of phenolic OH excluding ortho intramolecular Hbond substituents is 1. The molecule has 1 aliphatic rings. The molecule has 0 spiro atoms. The Hall–Kier alpha value is -4.45. The molecule has 0 bridgehead atoms. The quantitative estimate of drug-likeness (QED) is 0.215. The second-order valence-corrected chi connectivity index (χ2v) is 9.41. The summed E-state index contributed by atoms with van der Waals surface area (Å²) >= 11 is 0. The monoisotopic (exact) mass is 540 g/mol. The Morgan fingerprint density at radius 1 is 0.872 bits per heavy atom. The van der Waals surface area contributed by atoms with Gasteiger partial charge in [0.1, 0.15) is 23.9 Å². The fraction of sp³-hybridized carbons (Fsp3) is 0.370. The van der Waals surface area contributed by atoms with Gasteiger partial charge in [0.15, 0.2) is 0 Å². The highest BCUT2D eigenvalue weighted by molar-refractivity contribution is 5.96. The maximum Gasteiger partial charge on any atom is 0.326 e. The van der Waals surface area contributed by atoms with Crippen molar-refractivity contribution in [1.82, 2.24) is 15.5 Å². The molecule has 2 aromatic rings. The summed E-state index contributed by atoms with van der Waals surface area (Å²) in [7, 11) is 0. The van der Waals surface area contributed by atoms with E-state index in [0.29, 0.717) is 17.5 Å². The van der Waals surface area contributed by atoms with Crippen molar-refractivity contribution in [3.63, 3.8) is 0 Å². The van der Waals surface area contributed by atoms with Gasteiger partial charge in [0.25, 0.3) is 0 Å². The lowest BCUT2D eigenvalue weighted by atomic mass is 10.0. The number of hydrogen-bond donors (Lipinski definition) is 6. The molecular weight excluding hydrogens is 508 g/mol. The van der Waals surface area contributed by atoms with Crippen molar-refractivity contribution in [3.05, 3.63) is 65.7 Å². The van der Waals surface area contributed by atoms with Crippen LogP contribution in [-0.2, 0) is 36.8 Å². The van der Waals surface area contributed by atoms with E-state index in [4.69, 9.17) is 5.73 Å². The first-order valence-corrected chi connectivity index (χ1v) is 12.5. The summed E-state index contributed by atoms with van der Waals surface area (Å²) < 4.78 is 0. The Balaban J connectivity index is 1.77. The fourth-order valence-corrected chi connectivity index (χ4v) is 4.45. The number of aliphatic carboxylic acids is 2. The van der Waals surface area contributed by atoms with E-state index in [1.54, 1.807) is 42.5 Å². The van der Waals surface area contributed by atoms with Crippen LogP contribution in [0.15, 0.2) is 54.6 Å². The minimum absolute atomic E-state index is 0.0276. The van der Waals surface area contributed by atoms with Crippen molar-refractivity contribution in [1.29, 1.82) is 0 Å². The van der Waals surface area contributed by atoms with Crippen LogP contribution in [0.25, 0.3) is 0 Å². The van der Waals surface area contributed by atoms with Gasteiger partial charge in [-0.2, -0.15) is 0 Å². The van der Waals surface area contributed by atoms with Gasteiger partial charge < -0.3 is 36.6 Å². The average molecular weight is 541 g/mol. The van der Waals surface area contributed by atoms with Crippen LogP contribution in [0.3, 0.4) is 0 Å². The molecule has 3 rings (SSSR count). The molecule has 1 saturated heterocycles. The third kappa shape index (κ3) is 8.27. The molecule has 2 aromatic carbocycles. The maximum atomic E-state index is 13.4. The minimum atomic E-state index is -1.53. The molecule has 0 radical (unpaired) electrons. The van der Waals surface area contributed by atoms with Crippen LogP contribution in [0, 0.1) is 0 Å². The van der Waals surface area contributed by atoms with E-state index in [1.165, 1.54) is 12.1 Å². The number of carboxylic acids is 2. The molecule has 208 valence electrons. The summed E-state index contributed by atoms with van der Waals surface area (Å²) in [6.45, 7) is 0.123. The van der Waals surface area contributed by atoms with Crippen LogP contribution in [-0.4, -0.2) is 80.6 Å². The highest BCUT2D eigenvalue weighted by Crippen LogP contribution is 2.19. The molecule has 0 aromatic heterocycles. The lowest BCUT2D eigenvalue weighted by Crippen LogP contribution is -2.58. The lowest BCUT2D eigenvalue weighted by molar-refractivity contribution is -0.150. The number of nitrogens with two attached hydrogens (primary N) is 1. The number of hydrogen-bond acceptors (Lipinski definition) is 7. The highest BCUT2D eigenvalue weighted by Gasteiger charge is 2.39. The lowest BCUT2D eigenvalue weighted by Gasteiger charge is -2.28. The smallest absolute Gasteiger partial charge is 0.326 e. The maximum absolute atomic E-state index is 13.4. The van der Waals surface area contributed by atoms with Gasteiger partial charge in [0.05, 0.1) is 12.5 Å². The van der Waals surface area contributed by atoms with Crippen molar-refractivity contribution in [2.45, 2.75) is 56.3 Å². The van der Waals surface area contributed by atoms with Gasteiger partial charge in [-0.15, -0.1) is 0 Å². The Labute approximate surface area is 224 Å². The molecular formula is C27H32N4O8. The molecule has 12 nitrogen and oxygen atoms in total. The van der Waals surface area contributed by atoms with Gasteiger partial charge in [0, 0.05) is 13.0 Å². The third-order valence-corrected chi connectivity index (χ3v) is 6.46. The van der Waals surface area contributed by atoms with E-state index in [9.17, 15) is 39.3 Å². The number of carboxylic acid groups (broad SMARTS) is 2. The standard InChI is InChI=1S/C27H32N4O8/c28-19(13-17-8-10-18(32)11-9-17)24(35)29-20(14-16-5-2-1-3-6-16)25(36)30-21(15-23(33)34)26(37)31-12-4-7-22(31)27(38)39/h1-3,5-6,8-11,19-22,32H,4,7,12-15,28H2,(H,29,35)(H,30,36)(H,33,34)(H,38,39). The number of rotatable bonds is 12. The summed E-state index contributed by atoms with van der Waals surface area (Å²) in [5.74, 6) is -4.78. The Bertz CT molecular complexity index is 1190. The first-order valence-electron chi connectivity index (χ1n) is 12.5. The number of amides is 3. The zero-order valence-electron chi connectivity index (χ0n) is 21.2. The largest absolute Gasteiger partial charge is 0.508 e. The van der Waals surface area contributed by atoms with Crippen molar-refractivity contribution in [2.24, 2.45) is 5.73 Å². The van der Waals surface area contributed by atoms with E-state index in [0.717, 1.165) is 4.90 Å². The number of nitrogens with one attached hydrogen (secondary N) is 2. The highest BCUT2D eigenvalue weighted by atomic mass is 16.4. The van der Waals surface area contributed by atoms with Gasteiger partial charge in [0.2, 0.25) is 17.7 Å². The molecule has 12 heteroatoms. The molecule has 0 aliphatic carbocycles. The van der Waals surface area contributed by atoms with Crippen LogP contribution in [0.1, 0.15) is 30.4 Å². The number of likely N-dealkylation sites (tertiary alicyclic amines) is 1. The molecule has 39 heavy (non-hydrogen) atoms. The average Bonchev–Trinajstić information content (AvgIpc) is 3.39. The van der Waals surface area contributed by atoms with Gasteiger partial charge in [-0.3, -0.25) is 19.2 Å². The third-order valence-electron chi connectivity index (χ3n) is 6.46. The van der Waals surface area contributed by atoms with E-state index < -0.39 is 60.2 Å². The Kier molecular flexibility index (Phi) is 9.98. The first kappa shape index (κ1) is 29.1. The predicted molar refractivity (Wildman–Crippen MR) is 138 cm³/mol. The first-order chi connectivity index (χ1) is 18.5. The van der Waals surface area contributed by atoms with E-state index in [-0.39, 0.29) is 31.6 Å². The van der Waals surface area contributed by atoms with Crippen LogP contribution in [0.4, 0.5) is 0 Å². The van der Waals surface area contributed by atoms with E-state index >= 15 is 0 Å². The topological polar surface area (TPSA) is 199 Å². The number of carbonyl (C=O) groups excluding carboxylic acids is 3. The Morgan fingerprint density at radius 3 is 2.10 bits per heavy atom. The van der Waals surface area contributed by atoms with Gasteiger partial charge >= 0.3 is 11.9 Å². The second kappa shape index (κ2) is 13.4. The zero-order valence-corrected chi connectivity index (χ0v) is 21.2. The summed E-state index contributed by atoms with van der Waals surface area (Å²) in [4.78, 5) is 63.6. The number of aromatic hydroxyl groups is 1. The van der Waals surface area contributed by atoms with Crippen molar-refractivity contribution >= 4 is 29.7 Å². The molecule has 1 aliphatic heterocycles. The predicted octanol–water partition coefficient (Wildman–Crippen LogP) is 0.0246. The minimum Gasteiger partial charge on any atom is -0.508 e. The molecule has 4 atom stereocenters. The molecule has 0 saturated carbocycles. The second-order valence-electron chi connectivity index (χ2n) is 9.41. The number of phenols is 1. The molecule has 1 fully saturated rings. The summed E-state index contributed by atoms with van der Waals surface area (Å²) in [5.41, 5.74) is 7.45. The van der Waals surface area contributed by atoms with Crippen molar-refractivity contribution in [3.8, 4) is 5.75 Å². The normalized spacial score (nSPS) is 17.1. The van der Waals surface area contributed by atoms with Gasteiger partial charge in [-0.05, 0) is 42.5 Å². The summed E-state index contributed by atoms with van der Waals surface area (Å²) in [6.07, 6.45) is 0.0412. The summed E-state index contributed by atoms with van der Waals surface area (Å²) in [6, 6.07) is 10.0. The number of benzene rings is 2. The molecule has 4 unspecified atom stereocenters. The summed E-state index contributed by atoms with van der Waals surface area (Å²) in [5, 5.41) is 33.3. The van der Waals surface area contributed by atoms with E-state index in [1.807, 2.05) is 0 Å². The zero-order chi connectivity index (χ0) is 28.5. The molecule has 1 heterocycles.